The Morgan fingerprint density at radius 1 is 1.14 bits per heavy atom. The van der Waals surface area contributed by atoms with Gasteiger partial charge in [0, 0.05) is 19.4 Å². The van der Waals surface area contributed by atoms with Gasteiger partial charge in [-0.2, -0.15) is 0 Å². The predicted molar refractivity (Wildman–Crippen MR) is 78.6 cm³/mol. The highest BCUT2D eigenvalue weighted by molar-refractivity contribution is 5.67. The van der Waals surface area contributed by atoms with Crippen molar-refractivity contribution < 1.29 is 19.4 Å². The Bertz CT molecular complexity index is 369. The van der Waals surface area contributed by atoms with Crippen LogP contribution >= 0.6 is 0 Å². The van der Waals surface area contributed by atoms with Crippen molar-refractivity contribution >= 4 is 6.09 Å². The van der Waals surface area contributed by atoms with E-state index >= 15 is 0 Å². The van der Waals surface area contributed by atoms with Crippen molar-refractivity contribution in [3.8, 4) is 11.8 Å². The second-order valence-electron chi connectivity index (χ2n) is 5.61. The van der Waals surface area contributed by atoms with Gasteiger partial charge in [-0.25, -0.2) is 4.79 Å². The second kappa shape index (κ2) is 8.91. The first-order chi connectivity index (χ1) is 10.3. The van der Waals surface area contributed by atoms with Crippen molar-refractivity contribution in [1.29, 1.82) is 0 Å². The van der Waals surface area contributed by atoms with Gasteiger partial charge < -0.3 is 19.9 Å². The number of rotatable bonds is 8. The molecule has 1 amide bonds. The number of hydrogen-bond acceptors (Lipinski definition) is 4. The molecule has 0 heterocycles. The molecule has 0 aromatic heterocycles. The molecule has 1 saturated carbocycles. The molecule has 2 N–H and O–H groups in total. The Labute approximate surface area is 126 Å². The number of hydrogen-bond donors (Lipinski definition) is 2. The lowest BCUT2D eigenvalue weighted by Crippen LogP contribution is -2.27. The molecule has 0 radical (unpaired) electrons. The highest BCUT2D eigenvalue weighted by Gasteiger charge is 2.47. The van der Waals surface area contributed by atoms with Gasteiger partial charge in [-0.15, -0.1) is 11.8 Å². The Hall–Kier alpha value is -1.25. The topological polar surface area (TPSA) is 67.8 Å². The van der Waals surface area contributed by atoms with E-state index < -0.39 is 0 Å². The first-order valence-corrected chi connectivity index (χ1v) is 7.88. The number of carbonyl (C=O) groups is 1. The van der Waals surface area contributed by atoms with Crippen molar-refractivity contribution in [2.45, 2.75) is 32.1 Å². The van der Waals surface area contributed by atoms with Gasteiger partial charge in [0.1, 0.15) is 6.61 Å². The summed E-state index contributed by atoms with van der Waals surface area (Å²) in [6.07, 6.45) is 5.14. The third-order valence-electron chi connectivity index (χ3n) is 4.28. The highest BCUT2D eigenvalue weighted by Crippen LogP contribution is 2.53. The molecule has 2 atom stereocenters. The summed E-state index contributed by atoms with van der Waals surface area (Å²) in [5.41, 5.74) is 0. The Morgan fingerprint density at radius 3 is 2.52 bits per heavy atom. The van der Waals surface area contributed by atoms with E-state index in [-0.39, 0.29) is 25.9 Å². The molecular formula is C16H25NO4. The molecule has 1 fully saturated rings. The Kier molecular flexibility index (Phi) is 6.84. The lowest BCUT2D eigenvalue weighted by molar-refractivity contribution is 0.0536. The van der Waals surface area contributed by atoms with Gasteiger partial charge in [-0.1, -0.05) is 0 Å². The molecule has 2 rings (SSSR count). The Morgan fingerprint density at radius 2 is 1.86 bits per heavy atom. The quantitative estimate of drug-likeness (QED) is 0.527. The normalized spacial score (nSPS) is 26.6. The fourth-order valence-electron chi connectivity index (χ4n) is 3.22. The van der Waals surface area contributed by atoms with Crippen LogP contribution in [0.2, 0.25) is 0 Å². The first kappa shape index (κ1) is 16.1. The van der Waals surface area contributed by atoms with Gasteiger partial charge in [0.2, 0.25) is 0 Å². The first-order valence-electron chi connectivity index (χ1n) is 7.88. The van der Waals surface area contributed by atoms with Gasteiger partial charge in [0.05, 0.1) is 19.8 Å². The van der Waals surface area contributed by atoms with Crippen molar-refractivity contribution in [2.75, 3.05) is 33.0 Å². The zero-order chi connectivity index (χ0) is 14.9. The summed E-state index contributed by atoms with van der Waals surface area (Å²) in [4.78, 5) is 11.4. The molecule has 21 heavy (non-hydrogen) atoms. The fraction of sp³-hybridized carbons (Fsp3) is 0.812. The molecule has 118 valence electrons. The van der Waals surface area contributed by atoms with Crippen LogP contribution < -0.4 is 5.32 Å². The molecule has 5 nitrogen and oxygen atoms in total. The monoisotopic (exact) mass is 295 g/mol. The number of ether oxygens (including phenoxy) is 2. The number of nitrogens with one attached hydrogen (secondary N) is 1. The summed E-state index contributed by atoms with van der Waals surface area (Å²) >= 11 is 0. The van der Waals surface area contributed by atoms with Crippen LogP contribution in [0.1, 0.15) is 32.1 Å². The van der Waals surface area contributed by atoms with E-state index in [1.165, 1.54) is 12.8 Å². The van der Waals surface area contributed by atoms with E-state index in [0.29, 0.717) is 13.2 Å². The minimum Gasteiger partial charge on any atom is -0.447 e. The summed E-state index contributed by atoms with van der Waals surface area (Å²) < 4.78 is 9.98. The van der Waals surface area contributed by atoms with E-state index in [1.54, 1.807) is 0 Å². The van der Waals surface area contributed by atoms with E-state index in [0.717, 1.165) is 37.0 Å². The van der Waals surface area contributed by atoms with Gasteiger partial charge in [-0.05, 0) is 37.0 Å². The van der Waals surface area contributed by atoms with E-state index in [2.05, 4.69) is 17.2 Å². The SMILES string of the molecule is O=C(NCCC1C2CCC#CCCC21)OCCOCCO. The lowest BCUT2D eigenvalue weighted by atomic mass is 10.1. The summed E-state index contributed by atoms with van der Waals surface area (Å²) in [6, 6.07) is 0. The van der Waals surface area contributed by atoms with E-state index in [9.17, 15) is 4.79 Å². The summed E-state index contributed by atoms with van der Waals surface area (Å²) in [7, 11) is 0. The van der Waals surface area contributed by atoms with Crippen LogP contribution in [0.25, 0.3) is 0 Å². The number of carbonyl (C=O) groups excluding carboxylic acids is 1. The van der Waals surface area contributed by atoms with Crippen LogP contribution in [-0.4, -0.2) is 44.2 Å². The highest BCUT2D eigenvalue weighted by atomic mass is 16.6. The molecule has 5 heteroatoms. The van der Waals surface area contributed by atoms with Crippen molar-refractivity contribution in [1.82, 2.24) is 5.32 Å². The van der Waals surface area contributed by atoms with Gasteiger partial charge in [-0.3, -0.25) is 0 Å². The summed E-state index contributed by atoms with van der Waals surface area (Å²) in [5.74, 6) is 8.82. The largest absolute Gasteiger partial charge is 0.447 e. The number of alkyl carbamates (subject to hydrolysis) is 1. The number of fused-ring (bicyclic) bond motifs is 1. The van der Waals surface area contributed by atoms with Crippen molar-refractivity contribution in [3.05, 3.63) is 0 Å². The molecule has 0 aromatic carbocycles. The smallest absolute Gasteiger partial charge is 0.407 e. The zero-order valence-electron chi connectivity index (χ0n) is 12.5. The molecule has 0 aliphatic heterocycles. The zero-order valence-corrected chi connectivity index (χ0v) is 12.5. The molecule has 0 bridgehead atoms. The average Bonchev–Trinajstić information content (AvgIpc) is 3.08. The maximum absolute atomic E-state index is 11.4. The van der Waals surface area contributed by atoms with Gasteiger partial charge in [0.15, 0.2) is 0 Å². The minimum absolute atomic E-state index is 0.0129. The Balaban J connectivity index is 1.49. The lowest BCUT2D eigenvalue weighted by Gasteiger charge is -2.07. The second-order valence-corrected chi connectivity index (χ2v) is 5.61. The maximum Gasteiger partial charge on any atom is 0.407 e. The van der Waals surface area contributed by atoms with Crippen LogP contribution in [0.15, 0.2) is 0 Å². The van der Waals surface area contributed by atoms with E-state index in [1.807, 2.05) is 0 Å². The van der Waals surface area contributed by atoms with Crippen LogP contribution in [0, 0.1) is 29.6 Å². The summed E-state index contributed by atoms with van der Waals surface area (Å²) in [6.45, 7) is 1.48. The molecular weight excluding hydrogens is 270 g/mol. The fourth-order valence-corrected chi connectivity index (χ4v) is 3.22. The van der Waals surface area contributed by atoms with Crippen molar-refractivity contribution in [3.63, 3.8) is 0 Å². The van der Waals surface area contributed by atoms with Crippen LogP contribution in [-0.2, 0) is 9.47 Å². The number of amides is 1. The molecule has 2 aliphatic rings. The molecule has 0 saturated heterocycles. The summed E-state index contributed by atoms with van der Waals surface area (Å²) in [5, 5.41) is 11.3. The van der Waals surface area contributed by atoms with Crippen LogP contribution in [0.4, 0.5) is 4.79 Å². The molecule has 0 spiro atoms. The van der Waals surface area contributed by atoms with Gasteiger partial charge >= 0.3 is 6.09 Å². The molecule has 0 aromatic rings. The number of aliphatic hydroxyl groups excluding tert-OH is 1. The predicted octanol–water partition coefficient (Wildman–Crippen LogP) is 1.55. The van der Waals surface area contributed by atoms with E-state index in [4.69, 9.17) is 14.6 Å². The minimum atomic E-state index is -0.385. The average molecular weight is 295 g/mol. The third kappa shape index (κ3) is 5.56. The standard InChI is InChI=1S/C16H25NO4/c18-9-10-20-11-12-21-16(19)17-8-7-15-13-5-3-1-2-4-6-14(13)15/h13-15,18H,3-12H2,(H,17,19). The third-order valence-corrected chi connectivity index (χ3v) is 4.28. The van der Waals surface area contributed by atoms with Crippen LogP contribution in [0.3, 0.4) is 0 Å². The van der Waals surface area contributed by atoms with Crippen LogP contribution in [0.5, 0.6) is 0 Å². The van der Waals surface area contributed by atoms with Gasteiger partial charge in [0.25, 0.3) is 0 Å². The number of aliphatic hydroxyl groups is 1. The van der Waals surface area contributed by atoms with Crippen molar-refractivity contribution in [2.24, 2.45) is 17.8 Å². The molecule has 2 aliphatic carbocycles. The maximum atomic E-state index is 11.4. The molecule has 2 unspecified atom stereocenters.